The van der Waals surface area contributed by atoms with E-state index in [4.69, 9.17) is 0 Å². The minimum Gasteiger partial charge on any atom is -0.405 e. The van der Waals surface area contributed by atoms with Crippen LogP contribution >= 0.6 is 27.7 Å². The third-order valence-electron chi connectivity index (χ3n) is 1.88. The van der Waals surface area contributed by atoms with E-state index in [-0.39, 0.29) is 10.9 Å². The summed E-state index contributed by atoms with van der Waals surface area (Å²) in [7, 11) is 0. The highest BCUT2D eigenvalue weighted by molar-refractivity contribution is 9.10. The van der Waals surface area contributed by atoms with Crippen molar-refractivity contribution in [2.24, 2.45) is 0 Å². The SMILES string of the molecule is CC(=O)SCC=Cc1ccc(Br)cc1OC(F)(F)F. The number of ether oxygens (including phenoxy) is 1. The van der Waals surface area contributed by atoms with E-state index in [1.807, 2.05) is 0 Å². The molecular weight excluding hydrogens is 345 g/mol. The van der Waals surface area contributed by atoms with Crippen LogP contribution in [0.15, 0.2) is 28.7 Å². The third-order valence-corrected chi connectivity index (χ3v) is 3.14. The molecule has 1 rings (SSSR count). The van der Waals surface area contributed by atoms with Gasteiger partial charge in [0.15, 0.2) is 5.12 Å². The van der Waals surface area contributed by atoms with Gasteiger partial charge in [-0.2, -0.15) is 0 Å². The van der Waals surface area contributed by atoms with E-state index in [1.54, 1.807) is 12.1 Å². The number of alkyl halides is 3. The standard InChI is InChI=1S/C12H10BrF3O2S/c1-8(17)19-6-2-3-9-4-5-10(13)7-11(9)18-12(14,15)16/h2-5,7H,6H2,1H3. The predicted molar refractivity (Wildman–Crippen MR) is 73.0 cm³/mol. The molecule has 1 aromatic carbocycles. The molecule has 0 unspecified atom stereocenters. The molecule has 2 nitrogen and oxygen atoms in total. The van der Waals surface area contributed by atoms with Crippen LogP contribution in [-0.2, 0) is 4.79 Å². The topological polar surface area (TPSA) is 26.3 Å². The van der Waals surface area contributed by atoms with Crippen LogP contribution in [-0.4, -0.2) is 17.2 Å². The summed E-state index contributed by atoms with van der Waals surface area (Å²) < 4.78 is 41.1. The molecule has 0 aliphatic rings. The van der Waals surface area contributed by atoms with Gasteiger partial charge in [-0.1, -0.05) is 45.9 Å². The summed E-state index contributed by atoms with van der Waals surface area (Å²) in [5.74, 6) is 0.114. The first-order valence-electron chi connectivity index (χ1n) is 5.13. The Bertz CT molecular complexity index is 486. The smallest absolute Gasteiger partial charge is 0.405 e. The van der Waals surface area contributed by atoms with Gasteiger partial charge in [-0.25, -0.2) is 0 Å². The van der Waals surface area contributed by atoms with Crippen LogP contribution in [0.4, 0.5) is 13.2 Å². The summed E-state index contributed by atoms with van der Waals surface area (Å²) in [6.45, 7) is 1.43. The van der Waals surface area contributed by atoms with Gasteiger partial charge in [0.25, 0.3) is 0 Å². The van der Waals surface area contributed by atoms with Crippen molar-refractivity contribution in [2.75, 3.05) is 5.75 Å². The van der Waals surface area contributed by atoms with Gasteiger partial charge in [-0.05, 0) is 12.1 Å². The normalized spacial score (nSPS) is 11.8. The lowest BCUT2D eigenvalue weighted by Gasteiger charge is -2.11. The molecule has 0 radical (unpaired) electrons. The number of carbonyl (C=O) groups is 1. The average molecular weight is 355 g/mol. The highest BCUT2D eigenvalue weighted by Gasteiger charge is 2.31. The highest BCUT2D eigenvalue weighted by Crippen LogP contribution is 2.30. The first-order chi connectivity index (χ1) is 8.78. The second-order valence-corrected chi connectivity index (χ2v) is 5.55. The number of halogens is 4. The molecule has 0 saturated heterocycles. The van der Waals surface area contributed by atoms with Gasteiger partial charge >= 0.3 is 6.36 Å². The van der Waals surface area contributed by atoms with Crippen LogP contribution in [0, 0.1) is 0 Å². The lowest BCUT2D eigenvalue weighted by Crippen LogP contribution is -2.17. The van der Waals surface area contributed by atoms with Gasteiger partial charge in [0.2, 0.25) is 0 Å². The Kier molecular flexibility index (Phi) is 5.93. The summed E-state index contributed by atoms with van der Waals surface area (Å²) in [4.78, 5) is 10.7. The molecule has 0 N–H and O–H groups in total. The van der Waals surface area contributed by atoms with E-state index in [0.717, 1.165) is 11.8 Å². The van der Waals surface area contributed by atoms with Gasteiger partial charge in [0.05, 0.1) is 0 Å². The number of benzene rings is 1. The van der Waals surface area contributed by atoms with E-state index < -0.39 is 6.36 Å². The molecule has 0 bridgehead atoms. The van der Waals surface area contributed by atoms with Crippen LogP contribution in [0.3, 0.4) is 0 Å². The lowest BCUT2D eigenvalue weighted by molar-refractivity contribution is -0.274. The monoisotopic (exact) mass is 354 g/mol. The van der Waals surface area contributed by atoms with Gasteiger partial charge < -0.3 is 4.74 Å². The van der Waals surface area contributed by atoms with E-state index in [0.29, 0.717) is 15.8 Å². The zero-order valence-electron chi connectivity index (χ0n) is 9.83. The molecule has 0 amide bonds. The third kappa shape index (κ3) is 6.68. The molecule has 0 saturated carbocycles. The van der Waals surface area contributed by atoms with Crippen molar-refractivity contribution in [1.82, 2.24) is 0 Å². The molecule has 1 aromatic rings. The van der Waals surface area contributed by atoms with Crippen molar-refractivity contribution >= 4 is 38.9 Å². The first kappa shape index (κ1) is 16.1. The van der Waals surface area contributed by atoms with Crippen molar-refractivity contribution in [2.45, 2.75) is 13.3 Å². The zero-order chi connectivity index (χ0) is 14.5. The summed E-state index contributed by atoms with van der Waals surface area (Å²) >= 11 is 4.16. The Balaban J connectivity index is 2.84. The first-order valence-corrected chi connectivity index (χ1v) is 6.91. The van der Waals surface area contributed by atoms with Crippen LogP contribution in [0.1, 0.15) is 12.5 Å². The predicted octanol–water partition coefficient (Wildman–Crippen LogP) is 4.64. The second-order valence-electron chi connectivity index (χ2n) is 3.43. The molecule has 0 aliphatic carbocycles. The Labute approximate surface area is 121 Å². The van der Waals surface area contributed by atoms with Crippen LogP contribution in [0.5, 0.6) is 5.75 Å². The maximum absolute atomic E-state index is 12.2. The largest absolute Gasteiger partial charge is 0.573 e. The van der Waals surface area contributed by atoms with Crippen LogP contribution < -0.4 is 4.74 Å². The molecular formula is C12H10BrF3O2S. The van der Waals surface area contributed by atoms with Crippen LogP contribution in [0.2, 0.25) is 0 Å². The minimum absolute atomic E-state index is 0.0489. The van der Waals surface area contributed by atoms with Crippen molar-refractivity contribution < 1.29 is 22.7 Å². The quantitative estimate of drug-likeness (QED) is 0.787. The molecule has 0 atom stereocenters. The average Bonchev–Trinajstić information content (AvgIpc) is 2.24. The van der Waals surface area contributed by atoms with Gasteiger partial charge in [0, 0.05) is 22.7 Å². The molecule has 0 spiro atoms. The van der Waals surface area contributed by atoms with E-state index >= 15 is 0 Å². The minimum atomic E-state index is -4.74. The summed E-state index contributed by atoms with van der Waals surface area (Å²) in [5.41, 5.74) is 0.296. The van der Waals surface area contributed by atoms with Gasteiger partial charge in [-0.3, -0.25) is 4.79 Å². The fourth-order valence-corrected chi connectivity index (χ4v) is 1.97. The molecule has 7 heteroatoms. The number of carbonyl (C=O) groups excluding carboxylic acids is 1. The summed E-state index contributed by atoms with van der Waals surface area (Å²) in [6, 6.07) is 4.35. The molecule has 104 valence electrons. The van der Waals surface area contributed by atoms with Crippen molar-refractivity contribution in [3.05, 3.63) is 34.3 Å². The Morgan fingerprint density at radius 3 is 2.74 bits per heavy atom. The van der Waals surface area contributed by atoms with Gasteiger partial charge in [-0.15, -0.1) is 13.2 Å². The van der Waals surface area contributed by atoms with Crippen LogP contribution in [0.25, 0.3) is 6.08 Å². The molecule has 0 heterocycles. The Morgan fingerprint density at radius 1 is 1.47 bits per heavy atom. The van der Waals surface area contributed by atoms with Crippen molar-refractivity contribution in [3.63, 3.8) is 0 Å². The summed E-state index contributed by atoms with van der Waals surface area (Å²) in [5, 5.41) is -0.0489. The number of hydrogen-bond acceptors (Lipinski definition) is 3. The zero-order valence-corrected chi connectivity index (χ0v) is 12.2. The van der Waals surface area contributed by atoms with E-state index in [1.165, 1.54) is 25.1 Å². The molecule has 19 heavy (non-hydrogen) atoms. The number of thioether (sulfide) groups is 1. The maximum atomic E-state index is 12.2. The number of rotatable bonds is 4. The van der Waals surface area contributed by atoms with Crippen molar-refractivity contribution in [1.29, 1.82) is 0 Å². The molecule has 0 fully saturated rings. The fourth-order valence-electron chi connectivity index (χ4n) is 1.20. The lowest BCUT2D eigenvalue weighted by atomic mass is 10.2. The number of hydrogen-bond donors (Lipinski definition) is 0. The van der Waals surface area contributed by atoms with Crippen molar-refractivity contribution in [3.8, 4) is 5.75 Å². The Hall–Kier alpha value is -0.950. The molecule has 0 aliphatic heterocycles. The fraction of sp³-hybridized carbons (Fsp3) is 0.250. The maximum Gasteiger partial charge on any atom is 0.573 e. The highest BCUT2D eigenvalue weighted by atomic mass is 79.9. The molecule has 0 aromatic heterocycles. The van der Waals surface area contributed by atoms with Gasteiger partial charge in [0.1, 0.15) is 5.75 Å². The summed E-state index contributed by atoms with van der Waals surface area (Å²) in [6.07, 6.45) is -1.64. The second kappa shape index (κ2) is 7.00. The van der Waals surface area contributed by atoms with E-state index in [2.05, 4.69) is 20.7 Å². The van der Waals surface area contributed by atoms with E-state index in [9.17, 15) is 18.0 Å². The Morgan fingerprint density at radius 2 is 2.16 bits per heavy atom.